The van der Waals surface area contributed by atoms with E-state index in [-0.39, 0.29) is 47.9 Å². The van der Waals surface area contributed by atoms with Crippen LogP contribution in [0.1, 0.15) is 69.7 Å². The predicted molar refractivity (Wildman–Crippen MR) is 154 cm³/mol. The summed E-state index contributed by atoms with van der Waals surface area (Å²) in [6.45, 7) is 9.86. The Hall–Kier alpha value is -2.69. The Morgan fingerprint density at radius 2 is 1.80 bits per heavy atom. The van der Waals surface area contributed by atoms with Crippen LogP contribution in [0.15, 0.2) is 24.3 Å². The maximum atomic E-state index is 13.9. The summed E-state index contributed by atoms with van der Waals surface area (Å²) in [6, 6.07) is 6.78. The van der Waals surface area contributed by atoms with E-state index >= 15 is 0 Å². The Morgan fingerprint density at radius 3 is 2.59 bits per heavy atom. The predicted octanol–water partition coefficient (Wildman–Crippen LogP) is 2.36. The summed E-state index contributed by atoms with van der Waals surface area (Å²) in [7, 11) is 0. The van der Waals surface area contributed by atoms with Gasteiger partial charge in [-0.25, -0.2) is 0 Å². The highest BCUT2D eigenvalue weighted by Crippen LogP contribution is 2.28. The lowest BCUT2D eigenvalue weighted by Crippen LogP contribution is -2.63. The largest absolute Gasteiger partial charge is 0.493 e. The molecule has 2 bridgehead atoms. The standard InChI is InChI=1S/C31H46N4O6/c1-31(2,3)18-28(36)33-24-9-8-22-12-17-40-26-7-5-4-6-23(26)30(38)35-14-13-34(21-10-15-39-16-11-21)20-25(35)29(37)32-19-27(24)41-22/h4-7,21-22,24-25,27H,8-20H2,1-3H3,(H,32,37)(H,33,36)/t22-,24+,25-,27+/m0/s1. The van der Waals surface area contributed by atoms with E-state index in [0.29, 0.717) is 69.7 Å². The molecule has 4 heterocycles. The van der Waals surface area contributed by atoms with Crippen LogP contribution in [0.2, 0.25) is 0 Å². The van der Waals surface area contributed by atoms with E-state index in [4.69, 9.17) is 14.2 Å². The molecule has 0 spiro atoms. The number of ether oxygens (including phenoxy) is 3. The number of benzene rings is 1. The second kappa shape index (κ2) is 13.1. The van der Waals surface area contributed by atoms with Crippen molar-refractivity contribution in [1.82, 2.24) is 20.4 Å². The van der Waals surface area contributed by atoms with Crippen LogP contribution in [0.3, 0.4) is 0 Å². The van der Waals surface area contributed by atoms with Crippen molar-refractivity contribution in [3.63, 3.8) is 0 Å². The highest BCUT2D eigenvalue weighted by atomic mass is 16.5. The number of hydrogen-bond acceptors (Lipinski definition) is 7. The van der Waals surface area contributed by atoms with Crippen molar-refractivity contribution >= 4 is 17.7 Å². The number of carbonyl (C=O) groups is 3. The van der Waals surface area contributed by atoms with Gasteiger partial charge in [0, 0.05) is 58.3 Å². The van der Waals surface area contributed by atoms with E-state index in [2.05, 4.69) is 15.5 Å². The molecule has 1 aromatic rings. The van der Waals surface area contributed by atoms with Gasteiger partial charge in [0.15, 0.2) is 0 Å². The first-order chi connectivity index (χ1) is 19.7. The topological polar surface area (TPSA) is 109 Å². The van der Waals surface area contributed by atoms with Crippen LogP contribution in [0.4, 0.5) is 0 Å². The van der Waals surface area contributed by atoms with Crippen LogP contribution in [0.5, 0.6) is 5.75 Å². The average Bonchev–Trinajstić information content (AvgIpc) is 2.95. The second-order valence-electron chi connectivity index (χ2n) is 13.0. The van der Waals surface area contributed by atoms with E-state index in [1.807, 2.05) is 39.0 Å². The van der Waals surface area contributed by atoms with Crippen LogP contribution >= 0.6 is 0 Å². The van der Waals surface area contributed by atoms with Crippen LogP contribution in [-0.4, -0.2) is 104 Å². The third-order valence-corrected chi connectivity index (χ3v) is 8.63. The number of piperazine rings is 1. The monoisotopic (exact) mass is 570 g/mol. The van der Waals surface area contributed by atoms with Gasteiger partial charge in [0.1, 0.15) is 11.8 Å². The van der Waals surface area contributed by atoms with E-state index in [1.165, 1.54) is 0 Å². The van der Waals surface area contributed by atoms with Crippen LogP contribution in [-0.2, 0) is 19.1 Å². The Kier molecular flexibility index (Phi) is 9.51. The van der Waals surface area contributed by atoms with Gasteiger partial charge in [0.2, 0.25) is 11.8 Å². The molecule has 4 aliphatic rings. The minimum Gasteiger partial charge on any atom is -0.493 e. The number of fused-ring (bicyclic) bond motifs is 4. The summed E-state index contributed by atoms with van der Waals surface area (Å²) in [5.41, 5.74) is 0.353. The third-order valence-electron chi connectivity index (χ3n) is 8.63. The molecule has 3 fully saturated rings. The molecule has 0 radical (unpaired) electrons. The minimum atomic E-state index is -0.650. The van der Waals surface area contributed by atoms with E-state index in [0.717, 1.165) is 25.7 Å². The fourth-order valence-electron chi connectivity index (χ4n) is 6.47. The lowest BCUT2D eigenvalue weighted by Gasteiger charge is -2.45. The normalized spacial score (nSPS) is 28.9. The maximum Gasteiger partial charge on any atom is 0.258 e. The van der Waals surface area contributed by atoms with Crippen LogP contribution < -0.4 is 15.4 Å². The molecule has 0 aromatic heterocycles. The molecule has 4 aliphatic heterocycles. The van der Waals surface area contributed by atoms with E-state index < -0.39 is 6.04 Å². The van der Waals surface area contributed by atoms with Crippen molar-refractivity contribution in [2.24, 2.45) is 5.41 Å². The Bertz CT molecular complexity index is 1080. The highest BCUT2D eigenvalue weighted by Gasteiger charge is 2.40. The zero-order valence-corrected chi connectivity index (χ0v) is 24.7. The molecule has 226 valence electrons. The van der Waals surface area contributed by atoms with Gasteiger partial charge in [-0.2, -0.15) is 0 Å². The third kappa shape index (κ3) is 7.59. The summed E-state index contributed by atoms with van der Waals surface area (Å²) < 4.78 is 18.2. The maximum absolute atomic E-state index is 13.9. The number of hydrogen-bond donors (Lipinski definition) is 2. The zero-order valence-electron chi connectivity index (χ0n) is 24.7. The summed E-state index contributed by atoms with van der Waals surface area (Å²) in [5, 5.41) is 6.29. The first kappa shape index (κ1) is 29.8. The highest BCUT2D eigenvalue weighted by molar-refractivity contribution is 6.00. The number of nitrogens with zero attached hydrogens (tertiary/aromatic N) is 2. The average molecular weight is 571 g/mol. The van der Waals surface area contributed by atoms with Gasteiger partial charge in [-0.15, -0.1) is 0 Å². The number of rotatable bonds is 3. The molecule has 3 saturated heterocycles. The Balaban J connectivity index is 1.37. The van der Waals surface area contributed by atoms with Gasteiger partial charge in [-0.1, -0.05) is 32.9 Å². The second-order valence-corrected chi connectivity index (χ2v) is 13.0. The lowest BCUT2D eigenvalue weighted by atomic mass is 9.91. The molecule has 10 heteroatoms. The van der Waals surface area contributed by atoms with Crippen molar-refractivity contribution in [3.05, 3.63) is 29.8 Å². The Morgan fingerprint density at radius 1 is 1.02 bits per heavy atom. The van der Waals surface area contributed by atoms with Crippen molar-refractivity contribution < 1.29 is 28.6 Å². The van der Waals surface area contributed by atoms with E-state index in [9.17, 15) is 14.4 Å². The fraction of sp³-hybridized carbons (Fsp3) is 0.710. The smallest absolute Gasteiger partial charge is 0.258 e. The first-order valence-electron chi connectivity index (χ1n) is 15.2. The summed E-state index contributed by atoms with van der Waals surface area (Å²) in [5.74, 6) is 0.135. The summed E-state index contributed by atoms with van der Waals surface area (Å²) >= 11 is 0. The molecule has 1 aromatic carbocycles. The molecule has 2 N–H and O–H groups in total. The molecule has 0 saturated carbocycles. The minimum absolute atomic E-state index is 0.00798. The van der Waals surface area contributed by atoms with Crippen molar-refractivity contribution in [2.75, 3.05) is 46.0 Å². The molecular formula is C31H46N4O6. The van der Waals surface area contributed by atoms with Crippen molar-refractivity contribution in [3.8, 4) is 5.75 Å². The quantitative estimate of drug-likeness (QED) is 0.574. The molecule has 5 rings (SSSR count). The zero-order chi connectivity index (χ0) is 29.0. The first-order valence-corrected chi connectivity index (χ1v) is 15.2. The number of para-hydroxylation sites is 1. The number of amides is 3. The lowest BCUT2D eigenvalue weighted by molar-refractivity contribution is -0.132. The van der Waals surface area contributed by atoms with Crippen LogP contribution in [0.25, 0.3) is 0 Å². The SMILES string of the molecule is CC(C)(C)CC(=O)N[C@@H]1CC[C@H]2CCOc3ccccc3C(=O)N3CCN(C4CCOCC4)C[C@H]3C(=O)NC[C@H]1O2. The van der Waals surface area contributed by atoms with E-state index in [1.54, 1.807) is 11.0 Å². The molecule has 41 heavy (non-hydrogen) atoms. The Labute approximate surface area is 243 Å². The molecule has 0 aliphatic carbocycles. The fourth-order valence-corrected chi connectivity index (χ4v) is 6.47. The van der Waals surface area contributed by atoms with Gasteiger partial charge < -0.3 is 29.7 Å². The van der Waals surface area contributed by atoms with Gasteiger partial charge >= 0.3 is 0 Å². The van der Waals surface area contributed by atoms with Crippen molar-refractivity contribution in [1.29, 1.82) is 0 Å². The van der Waals surface area contributed by atoms with Gasteiger partial charge in [-0.3, -0.25) is 19.3 Å². The van der Waals surface area contributed by atoms with Gasteiger partial charge in [-0.05, 0) is 43.2 Å². The van der Waals surface area contributed by atoms with Crippen LogP contribution in [0, 0.1) is 5.41 Å². The van der Waals surface area contributed by atoms with Gasteiger partial charge in [0.05, 0.1) is 30.4 Å². The number of nitrogens with one attached hydrogen (secondary N) is 2. The molecule has 3 amide bonds. The number of carbonyl (C=O) groups excluding carboxylic acids is 3. The molecule has 0 unspecified atom stereocenters. The molecular weight excluding hydrogens is 524 g/mol. The summed E-state index contributed by atoms with van der Waals surface area (Å²) in [6.07, 6.45) is 4.04. The molecule has 10 nitrogen and oxygen atoms in total. The molecule has 4 atom stereocenters. The summed E-state index contributed by atoms with van der Waals surface area (Å²) in [4.78, 5) is 44.6. The van der Waals surface area contributed by atoms with Crippen molar-refractivity contribution in [2.45, 2.75) is 89.6 Å². The van der Waals surface area contributed by atoms with Gasteiger partial charge in [0.25, 0.3) is 5.91 Å².